The number of halogens is 1. The van der Waals surface area contributed by atoms with Gasteiger partial charge in [-0.3, -0.25) is 4.79 Å². The van der Waals surface area contributed by atoms with Gasteiger partial charge in [-0.25, -0.2) is 0 Å². The van der Waals surface area contributed by atoms with E-state index in [0.717, 1.165) is 36.6 Å². The third kappa shape index (κ3) is 3.48. The molecule has 1 aromatic rings. The Labute approximate surface area is 131 Å². The largest absolute Gasteiger partial charge is 0.372 e. The predicted molar refractivity (Wildman–Crippen MR) is 88.3 cm³/mol. The molecule has 1 atom stereocenters. The molecule has 0 saturated heterocycles. The number of nitrogens with zero attached hydrogens (tertiary/aromatic N) is 2. The fourth-order valence-electron chi connectivity index (χ4n) is 2.44. The van der Waals surface area contributed by atoms with Crippen LogP contribution >= 0.6 is 11.6 Å². The second kappa shape index (κ2) is 6.64. The molecule has 1 heterocycles. The maximum atomic E-state index is 12.0. The third-order valence-corrected chi connectivity index (χ3v) is 3.95. The highest BCUT2D eigenvalue weighted by Crippen LogP contribution is 2.38. The number of benzene rings is 1. The monoisotopic (exact) mass is 310 g/mol. The molecule has 0 saturated carbocycles. The summed E-state index contributed by atoms with van der Waals surface area (Å²) in [6, 6.07) is 3.55. The Balaban J connectivity index is 2.24. The van der Waals surface area contributed by atoms with E-state index >= 15 is 0 Å². The summed E-state index contributed by atoms with van der Waals surface area (Å²) in [7, 11) is 6.09. The molecule has 5 nitrogen and oxygen atoms in total. The van der Waals surface area contributed by atoms with E-state index < -0.39 is 0 Å². The summed E-state index contributed by atoms with van der Waals surface area (Å²) < 4.78 is 0. The van der Waals surface area contributed by atoms with Gasteiger partial charge in [-0.05, 0) is 32.8 Å². The molecule has 0 bridgehead atoms. The first kappa shape index (κ1) is 16.1. The summed E-state index contributed by atoms with van der Waals surface area (Å²) >= 11 is 6.41. The number of amides is 1. The van der Waals surface area contributed by atoms with Gasteiger partial charge in [-0.2, -0.15) is 0 Å². The summed E-state index contributed by atoms with van der Waals surface area (Å²) in [5, 5.41) is 6.77. The lowest BCUT2D eigenvalue weighted by Crippen LogP contribution is -2.28. The molecule has 0 aliphatic carbocycles. The van der Waals surface area contributed by atoms with E-state index in [1.165, 1.54) is 0 Å². The number of fused-ring (bicyclic) bond motifs is 1. The van der Waals surface area contributed by atoms with Gasteiger partial charge in [0.25, 0.3) is 0 Å². The van der Waals surface area contributed by atoms with Crippen LogP contribution in [0.2, 0.25) is 5.02 Å². The third-order valence-electron chi connectivity index (χ3n) is 3.65. The number of rotatable bonds is 6. The van der Waals surface area contributed by atoms with Crippen LogP contribution in [-0.4, -0.2) is 51.6 Å². The molecule has 1 aliphatic rings. The summed E-state index contributed by atoms with van der Waals surface area (Å²) in [4.78, 5) is 16.2. The fourth-order valence-corrected chi connectivity index (χ4v) is 2.76. The minimum absolute atomic E-state index is 0.0176. The summed E-state index contributed by atoms with van der Waals surface area (Å²) in [6.45, 7) is 4.53. The van der Waals surface area contributed by atoms with Crippen LogP contribution in [0, 0.1) is 0 Å². The molecule has 0 spiro atoms. The zero-order valence-corrected chi connectivity index (χ0v) is 13.8. The molecular weight excluding hydrogens is 288 g/mol. The molecule has 2 N–H and O–H groups in total. The number of nitrogens with one attached hydrogen (secondary N) is 2. The highest BCUT2D eigenvalue weighted by Gasteiger charge is 2.31. The minimum Gasteiger partial charge on any atom is -0.372 e. The Hall–Kier alpha value is -1.30. The zero-order valence-electron chi connectivity index (χ0n) is 13.0. The number of hydrogen-bond acceptors (Lipinski definition) is 4. The molecule has 21 heavy (non-hydrogen) atoms. The highest BCUT2D eigenvalue weighted by molar-refractivity contribution is 6.33. The van der Waals surface area contributed by atoms with Crippen molar-refractivity contribution in [3.8, 4) is 0 Å². The number of carbonyl (C=O) groups is 1. The van der Waals surface area contributed by atoms with Crippen LogP contribution in [0.3, 0.4) is 0 Å². The Kier molecular flexibility index (Phi) is 5.08. The van der Waals surface area contributed by atoms with Crippen LogP contribution in [0.5, 0.6) is 0 Å². The van der Waals surface area contributed by atoms with Gasteiger partial charge < -0.3 is 20.4 Å². The maximum Gasteiger partial charge on any atom is 0.246 e. The maximum absolute atomic E-state index is 12.0. The average molecular weight is 311 g/mol. The van der Waals surface area contributed by atoms with Crippen molar-refractivity contribution in [2.45, 2.75) is 13.0 Å². The van der Waals surface area contributed by atoms with Gasteiger partial charge in [-0.15, -0.1) is 0 Å². The van der Waals surface area contributed by atoms with Crippen molar-refractivity contribution in [2.24, 2.45) is 0 Å². The van der Waals surface area contributed by atoms with E-state index in [1.54, 1.807) is 0 Å². The lowest BCUT2D eigenvalue weighted by molar-refractivity contribution is -0.117. The summed E-state index contributed by atoms with van der Waals surface area (Å²) in [6.07, 6.45) is 0. The number of hydrogen-bond donors (Lipinski definition) is 2. The van der Waals surface area contributed by atoms with E-state index in [0.29, 0.717) is 5.02 Å². The van der Waals surface area contributed by atoms with E-state index in [4.69, 9.17) is 11.6 Å². The van der Waals surface area contributed by atoms with Gasteiger partial charge in [0, 0.05) is 31.4 Å². The quantitative estimate of drug-likeness (QED) is 0.843. The first-order chi connectivity index (χ1) is 9.93. The van der Waals surface area contributed by atoms with Gasteiger partial charge in [0.1, 0.15) is 6.04 Å². The number of carbonyl (C=O) groups excluding carboxylic acids is 1. The second-order valence-corrected chi connectivity index (χ2v) is 6.00. The van der Waals surface area contributed by atoms with Gasteiger partial charge in [-0.1, -0.05) is 18.5 Å². The van der Waals surface area contributed by atoms with Crippen molar-refractivity contribution in [2.75, 3.05) is 51.0 Å². The normalized spacial score (nSPS) is 17.0. The first-order valence-electron chi connectivity index (χ1n) is 7.17. The van der Waals surface area contributed by atoms with Crippen molar-refractivity contribution in [3.05, 3.63) is 22.7 Å². The van der Waals surface area contributed by atoms with Crippen molar-refractivity contribution >= 4 is 28.9 Å². The van der Waals surface area contributed by atoms with E-state index in [-0.39, 0.29) is 11.9 Å². The smallest absolute Gasteiger partial charge is 0.246 e. The SMILES string of the molecule is CCNC1C(=O)Nc2cc(N(C)CCN(C)C)c(Cl)cc21. The highest BCUT2D eigenvalue weighted by atomic mass is 35.5. The predicted octanol–water partition coefficient (Wildman–Crippen LogP) is 1.94. The molecule has 2 rings (SSSR count). The average Bonchev–Trinajstić information content (AvgIpc) is 2.72. The lowest BCUT2D eigenvalue weighted by atomic mass is 10.1. The molecule has 1 unspecified atom stereocenters. The van der Waals surface area contributed by atoms with Crippen LogP contribution in [0.25, 0.3) is 0 Å². The van der Waals surface area contributed by atoms with Crippen molar-refractivity contribution in [1.82, 2.24) is 10.2 Å². The Morgan fingerprint density at radius 1 is 1.29 bits per heavy atom. The first-order valence-corrected chi connectivity index (χ1v) is 7.55. The molecule has 0 fully saturated rings. The van der Waals surface area contributed by atoms with Crippen LogP contribution in [-0.2, 0) is 4.79 Å². The Morgan fingerprint density at radius 2 is 2.00 bits per heavy atom. The van der Waals surface area contributed by atoms with Gasteiger partial charge in [0.05, 0.1) is 10.7 Å². The number of likely N-dealkylation sites (N-methyl/N-ethyl adjacent to an activating group) is 3. The second-order valence-electron chi connectivity index (χ2n) is 5.60. The van der Waals surface area contributed by atoms with Gasteiger partial charge in [0.15, 0.2) is 0 Å². The fraction of sp³-hybridized carbons (Fsp3) is 0.533. The van der Waals surface area contributed by atoms with E-state index in [2.05, 4.69) is 20.4 Å². The Bertz CT molecular complexity index is 533. The van der Waals surface area contributed by atoms with Crippen LogP contribution in [0.1, 0.15) is 18.5 Å². The molecule has 0 aromatic heterocycles. The van der Waals surface area contributed by atoms with Crippen molar-refractivity contribution < 1.29 is 4.79 Å². The van der Waals surface area contributed by atoms with Gasteiger partial charge in [0.2, 0.25) is 5.91 Å². The van der Waals surface area contributed by atoms with Crippen molar-refractivity contribution in [1.29, 1.82) is 0 Å². The lowest BCUT2D eigenvalue weighted by Gasteiger charge is -2.23. The molecule has 1 aromatic carbocycles. The standard InChI is InChI=1S/C15H23ClN4O/c1-5-17-14-10-8-11(16)13(9-12(10)18-15(14)21)20(4)7-6-19(2)3/h8-9,14,17H,5-7H2,1-4H3,(H,18,21). The Morgan fingerprint density at radius 3 is 2.62 bits per heavy atom. The van der Waals surface area contributed by atoms with Crippen LogP contribution < -0.4 is 15.5 Å². The van der Waals surface area contributed by atoms with E-state index in [9.17, 15) is 4.79 Å². The van der Waals surface area contributed by atoms with Crippen molar-refractivity contribution in [3.63, 3.8) is 0 Å². The topological polar surface area (TPSA) is 47.6 Å². The van der Waals surface area contributed by atoms with Gasteiger partial charge >= 0.3 is 0 Å². The van der Waals surface area contributed by atoms with Crippen LogP contribution in [0.4, 0.5) is 11.4 Å². The number of anilines is 2. The van der Waals surface area contributed by atoms with Crippen LogP contribution in [0.15, 0.2) is 12.1 Å². The minimum atomic E-state index is -0.302. The molecule has 116 valence electrons. The zero-order chi connectivity index (χ0) is 15.6. The molecule has 0 radical (unpaired) electrons. The molecule has 1 amide bonds. The molecular formula is C15H23ClN4O. The summed E-state index contributed by atoms with van der Waals surface area (Å²) in [5.74, 6) is -0.0176. The molecule has 1 aliphatic heterocycles. The van der Waals surface area contributed by atoms with E-state index in [1.807, 2.05) is 40.2 Å². The summed E-state index contributed by atoms with van der Waals surface area (Å²) in [5.41, 5.74) is 2.72. The molecule has 6 heteroatoms.